The maximum absolute atomic E-state index is 13.3. The third kappa shape index (κ3) is 3.94. The second-order valence-corrected chi connectivity index (χ2v) is 7.82. The lowest BCUT2D eigenvalue weighted by atomic mass is 10.1. The molecule has 0 aliphatic heterocycles. The minimum absolute atomic E-state index is 0.0541. The van der Waals surface area contributed by atoms with E-state index < -0.39 is 0 Å². The number of hydrogen-bond acceptors (Lipinski definition) is 6. The van der Waals surface area contributed by atoms with Gasteiger partial charge in [-0.25, -0.2) is 4.98 Å². The molecule has 0 N–H and O–H groups in total. The number of para-hydroxylation sites is 1. The summed E-state index contributed by atoms with van der Waals surface area (Å²) in [6.07, 6.45) is 1.25. The first-order valence-electron chi connectivity index (χ1n) is 9.14. The molecule has 0 spiro atoms. The van der Waals surface area contributed by atoms with E-state index in [9.17, 15) is 9.59 Å². The number of rotatable bonds is 7. The molecule has 0 aliphatic rings. The Hall–Kier alpha value is -2.67. The van der Waals surface area contributed by atoms with E-state index in [1.54, 1.807) is 11.7 Å². The van der Waals surface area contributed by atoms with E-state index in [0.717, 1.165) is 26.6 Å². The number of hydrogen-bond donors (Lipinski definition) is 0. The first-order chi connectivity index (χ1) is 13.5. The van der Waals surface area contributed by atoms with Crippen molar-refractivity contribution in [3.8, 4) is 5.75 Å². The Morgan fingerprint density at radius 1 is 1.21 bits per heavy atom. The molecule has 1 aromatic carbocycles. The molecular weight excluding hydrogens is 376 g/mol. The summed E-state index contributed by atoms with van der Waals surface area (Å²) in [5, 5.41) is 0.671. The number of thiophene rings is 1. The fourth-order valence-corrected chi connectivity index (χ4v) is 4.28. The minimum Gasteiger partial charge on any atom is -0.496 e. The lowest BCUT2D eigenvalue weighted by Crippen LogP contribution is -2.26. The zero-order valence-electron chi connectivity index (χ0n) is 16.6. The number of carbonyl (C=O) groups excluding carboxylic acids is 1. The Morgan fingerprint density at radius 3 is 2.68 bits per heavy atom. The van der Waals surface area contributed by atoms with Crippen molar-refractivity contribution >= 4 is 27.5 Å². The van der Waals surface area contributed by atoms with Crippen LogP contribution in [0.25, 0.3) is 10.2 Å². The normalized spacial score (nSPS) is 11.0. The quantitative estimate of drug-likeness (QED) is 0.567. The number of carbonyl (C=O) groups is 1. The summed E-state index contributed by atoms with van der Waals surface area (Å²) < 4.78 is 11.9. The summed E-state index contributed by atoms with van der Waals surface area (Å²) in [6, 6.07) is 7.72. The smallest absolute Gasteiger partial charge is 0.305 e. The van der Waals surface area contributed by atoms with Crippen molar-refractivity contribution in [3.05, 3.63) is 56.4 Å². The Labute approximate surface area is 167 Å². The average molecular weight is 401 g/mol. The van der Waals surface area contributed by atoms with E-state index in [0.29, 0.717) is 30.6 Å². The largest absolute Gasteiger partial charge is 0.496 e. The SMILES string of the molecule is COC(=O)CCCn1c(Cc2ccccc2OC)nc2sc(C)c(C)c2c1=O. The molecule has 7 heteroatoms. The van der Waals surface area contributed by atoms with Gasteiger partial charge in [0, 0.05) is 29.8 Å². The topological polar surface area (TPSA) is 70.4 Å². The molecule has 0 unspecified atom stereocenters. The number of methoxy groups -OCH3 is 2. The fourth-order valence-electron chi connectivity index (χ4n) is 3.24. The summed E-state index contributed by atoms with van der Waals surface area (Å²) in [4.78, 5) is 31.4. The highest BCUT2D eigenvalue weighted by atomic mass is 32.1. The lowest BCUT2D eigenvalue weighted by molar-refractivity contribution is -0.140. The molecule has 6 nitrogen and oxygen atoms in total. The zero-order valence-corrected chi connectivity index (χ0v) is 17.4. The molecule has 148 valence electrons. The molecule has 0 radical (unpaired) electrons. The van der Waals surface area contributed by atoms with E-state index >= 15 is 0 Å². The Bertz CT molecular complexity index is 1070. The van der Waals surface area contributed by atoms with Gasteiger partial charge in [-0.05, 0) is 31.9 Å². The number of esters is 1. The van der Waals surface area contributed by atoms with Crippen molar-refractivity contribution in [2.45, 2.75) is 39.7 Å². The number of nitrogens with zero attached hydrogens (tertiary/aromatic N) is 2. The first kappa shape index (κ1) is 20.1. The van der Waals surface area contributed by atoms with Gasteiger partial charge in [0.25, 0.3) is 5.56 Å². The van der Waals surface area contributed by atoms with Crippen LogP contribution < -0.4 is 10.3 Å². The number of aromatic nitrogens is 2. The van der Waals surface area contributed by atoms with Gasteiger partial charge in [-0.1, -0.05) is 18.2 Å². The Kier molecular flexibility index (Phi) is 6.14. The second kappa shape index (κ2) is 8.56. The van der Waals surface area contributed by atoms with E-state index in [2.05, 4.69) is 0 Å². The van der Waals surface area contributed by atoms with Crippen LogP contribution in [-0.2, 0) is 22.5 Å². The molecule has 3 rings (SSSR count). The first-order valence-corrected chi connectivity index (χ1v) is 9.96. The predicted octanol–water partition coefficient (Wildman–Crippen LogP) is 3.63. The van der Waals surface area contributed by atoms with Gasteiger partial charge in [0.15, 0.2) is 0 Å². The van der Waals surface area contributed by atoms with Crippen LogP contribution in [0.2, 0.25) is 0 Å². The van der Waals surface area contributed by atoms with Crippen LogP contribution in [0, 0.1) is 13.8 Å². The third-order valence-corrected chi connectivity index (χ3v) is 6.00. The Balaban J connectivity index is 2.07. The minimum atomic E-state index is -0.282. The van der Waals surface area contributed by atoms with Gasteiger partial charge < -0.3 is 9.47 Å². The van der Waals surface area contributed by atoms with Crippen LogP contribution in [0.1, 0.15) is 34.7 Å². The van der Waals surface area contributed by atoms with Gasteiger partial charge in [0.2, 0.25) is 0 Å². The number of aryl methyl sites for hydroxylation is 2. The Morgan fingerprint density at radius 2 is 1.96 bits per heavy atom. The summed E-state index contributed by atoms with van der Waals surface area (Å²) >= 11 is 1.54. The van der Waals surface area contributed by atoms with Gasteiger partial charge >= 0.3 is 5.97 Å². The molecular formula is C21H24N2O4S. The van der Waals surface area contributed by atoms with Crippen molar-refractivity contribution < 1.29 is 14.3 Å². The van der Waals surface area contributed by atoms with Crippen LogP contribution >= 0.6 is 11.3 Å². The summed E-state index contributed by atoms with van der Waals surface area (Å²) in [5.41, 5.74) is 1.88. The van der Waals surface area contributed by atoms with Crippen molar-refractivity contribution in [3.63, 3.8) is 0 Å². The van der Waals surface area contributed by atoms with Crippen LogP contribution in [0.5, 0.6) is 5.75 Å². The van der Waals surface area contributed by atoms with Crippen LogP contribution in [0.4, 0.5) is 0 Å². The van der Waals surface area contributed by atoms with E-state index in [1.165, 1.54) is 18.4 Å². The molecule has 0 saturated carbocycles. The van der Waals surface area contributed by atoms with Gasteiger partial charge in [0.1, 0.15) is 16.4 Å². The molecule has 0 saturated heterocycles. The maximum Gasteiger partial charge on any atom is 0.305 e. The number of ether oxygens (including phenoxy) is 2. The lowest BCUT2D eigenvalue weighted by Gasteiger charge is -2.14. The van der Waals surface area contributed by atoms with Gasteiger partial charge in [-0.3, -0.25) is 14.2 Å². The van der Waals surface area contributed by atoms with Crippen molar-refractivity contribution in [2.24, 2.45) is 0 Å². The van der Waals surface area contributed by atoms with Gasteiger partial charge in [-0.15, -0.1) is 11.3 Å². The number of fused-ring (bicyclic) bond motifs is 1. The monoisotopic (exact) mass is 400 g/mol. The van der Waals surface area contributed by atoms with Gasteiger partial charge in [-0.2, -0.15) is 0 Å². The molecule has 0 aliphatic carbocycles. The summed E-state index contributed by atoms with van der Waals surface area (Å²) in [5.74, 6) is 1.15. The molecule has 0 atom stereocenters. The standard InChI is InChI=1S/C21H24N2O4S/c1-13-14(2)28-20-19(13)21(25)23(11-7-10-18(24)27-4)17(22-20)12-15-8-5-6-9-16(15)26-3/h5-6,8-9H,7,10-12H2,1-4H3. The second-order valence-electron chi connectivity index (χ2n) is 6.62. The highest BCUT2D eigenvalue weighted by Crippen LogP contribution is 2.27. The predicted molar refractivity (Wildman–Crippen MR) is 110 cm³/mol. The van der Waals surface area contributed by atoms with Crippen LogP contribution in [0.3, 0.4) is 0 Å². The van der Waals surface area contributed by atoms with E-state index in [1.807, 2.05) is 38.1 Å². The zero-order chi connectivity index (χ0) is 20.3. The van der Waals surface area contributed by atoms with Crippen molar-refractivity contribution in [1.29, 1.82) is 0 Å². The molecule has 0 fully saturated rings. The molecule has 2 heterocycles. The molecule has 3 aromatic rings. The average Bonchev–Trinajstić information content (AvgIpc) is 2.98. The third-order valence-electron chi connectivity index (χ3n) is 4.90. The molecule has 28 heavy (non-hydrogen) atoms. The van der Waals surface area contributed by atoms with E-state index in [4.69, 9.17) is 14.5 Å². The van der Waals surface area contributed by atoms with E-state index in [-0.39, 0.29) is 17.9 Å². The number of benzene rings is 1. The van der Waals surface area contributed by atoms with Gasteiger partial charge in [0.05, 0.1) is 19.6 Å². The molecule has 0 amide bonds. The fraction of sp³-hybridized carbons (Fsp3) is 0.381. The summed E-state index contributed by atoms with van der Waals surface area (Å²) in [7, 11) is 3.00. The van der Waals surface area contributed by atoms with Crippen LogP contribution in [0.15, 0.2) is 29.1 Å². The van der Waals surface area contributed by atoms with Crippen molar-refractivity contribution in [2.75, 3.05) is 14.2 Å². The highest BCUT2D eigenvalue weighted by molar-refractivity contribution is 7.18. The maximum atomic E-state index is 13.3. The highest BCUT2D eigenvalue weighted by Gasteiger charge is 2.18. The molecule has 2 aromatic heterocycles. The summed E-state index contributed by atoms with van der Waals surface area (Å²) in [6.45, 7) is 4.37. The van der Waals surface area contributed by atoms with Crippen molar-refractivity contribution in [1.82, 2.24) is 9.55 Å². The molecule has 0 bridgehead atoms. The van der Waals surface area contributed by atoms with Crippen LogP contribution in [-0.4, -0.2) is 29.7 Å².